The Bertz CT molecular complexity index is 958. The molecule has 0 fully saturated rings. The van der Waals surface area contributed by atoms with E-state index in [1.165, 1.54) is 32.4 Å². The molecule has 0 aliphatic carbocycles. The number of unbranched alkanes of at least 4 members (excludes halogenated alkanes) is 4. The van der Waals surface area contributed by atoms with Gasteiger partial charge in [-0.25, -0.2) is 9.59 Å². The van der Waals surface area contributed by atoms with E-state index in [2.05, 4.69) is 17.6 Å². The van der Waals surface area contributed by atoms with E-state index in [0.717, 1.165) is 37.7 Å². The van der Waals surface area contributed by atoms with Crippen molar-refractivity contribution in [1.29, 1.82) is 0 Å². The summed E-state index contributed by atoms with van der Waals surface area (Å²) in [4.78, 5) is 24.1. The topological polar surface area (TPSA) is 87.7 Å². The number of rotatable bonds is 12. The van der Waals surface area contributed by atoms with Crippen LogP contribution < -0.4 is 15.4 Å². The Morgan fingerprint density at radius 2 is 1.59 bits per heavy atom. The SMILES string of the molecule is CCCCCCCC(NC(=O)Nc1c(Cl)cc(Cl)cc1Cl)c1ccc(OC(C)(C)C(=O)O)cc1. The Balaban J connectivity index is 2.14. The molecule has 0 saturated carbocycles. The molecule has 1 atom stereocenters. The molecule has 0 radical (unpaired) electrons. The lowest BCUT2D eigenvalue weighted by Gasteiger charge is -2.23. The first-order valence-corrected chi connectivity index (χ1v) is 12.4. The number of carboxylic acid groups (broad SMARTS) is 1. The maximum atomic E-state index is 12.8. The number of nitrogens with one attached hydrogen (secondary N) is 2. The second-order valence-corrected chi connectivity index (χ2v) is 9.84. The molecule has 0 aliphatic heterocycles. The molecule has 0 heterocycles. The number of urea groups is 1. The number of carbonyl (C=O) groups is 2. The molecule has 2 aromatic carbocycles. The van der Waals surface area contributed by atoms with Crippen LogP contribution in [0, 0.1) is 0 Å². The summed E-state index contributed by atoms with van der Waals surface area (Å²) >= 11 is 18.3. The quantitative estimate of drug-likeness (QED) is 0.242. The summed E-state index contributed by atoms with van der Waals surface area (Å²) in [5, 5.41) is 15.8. The molecule has 9 heteroatoms. The van der Waals surface area contributed by atoms with E-state index in [1.54, 1.807) is 12.1 Å². The number of aliphatic carboxylic acids is 1. The summed E-state index contributed by atoms with van der Waals surface area (Å²) in [7, 11) is 0. The lowest BCUT2D eigenvalue weighted by atomic mass is 9.99. The van der Waals surface area contributed by atoms with Crippen molar-refractivity contribution in [2.45, 2.75) is 70.9 Å². The predicted octanol–water partition coefficient (Wildman–Crippen LogP) is 8.11. The van der Waals surface area contributed by atoms with Crippen LogP contribution >= 0.6 is 34.8 Å². The summed E-state index contributed by atoms with van der Waals surface area (Å²) in [6, 6.07) is 9.36. The zero-order valence-corrected chi connectivity index (χ0v) is 21.9. The molecule has 0 saturated heterocycles. The van der Waals surface area contributed by atoms with E-state index in [0.29, 0.717) is 10.8 Å². The Morgan fingerprint density at radius 1 is 1.00 bits per heavy atom. The molecule has 6 nitrogen and oxygen atoms in total. The van der Waals surface area contributed by atoms with Gasteiger partial charge in [0.2, 0.25) is 0 Å². The van der Waals surface area contributed by atoms with Crippen molar-refractivity contribution in [3.63, 3.8) is 0 Å². The van der Waals surface area contributed by atoms with Gasteiger partial charge in [-0.15, -0.1) is 0 Å². The molecule has 0 aromatic heterocycles. The maximum Gasteiger partial charge on any atom is 0.347 e. The van der Waals surface area contributed by atoms with Gasteiger partial charge in [-0.2, -0.15) is 0 Å². The van der Waals surface area contributed by atoms with Crippen LogP contribution in [0.4, 0.5) is 10.5 Å². The third-order valence-corrected chi connectivity index (χ3v) is 6.13. The number of amides is 2. The van der Waals surface area contributed by atoms with Crippen molar-refractivity contribution >= 4 is 52.5 Å². The van der Waals surface area contributed by atoms with Gasteiger partial charge in [0.15, 0.2) is 5.60 Å². The highest BCUT2D eigenvalue weighted by Crippen LogP contribution is 2.34. The number of benzene rings is 2. The Labute approximate surface area is 215 Å². The van der Waals surface area contributed by atoms with Crippen LogP contribution in [-0.2, 0) is 4.79 Å². The van der Waals surface area contributed by atoms with Gasteiger partial charge in [0.05, 0.1) is 21.8 Å². The molecule has 0 spiro atoms. The Morgan fingerprint density at radius 3 is 2.15 bits per heavy atom. The van der Waals surface area contributed by atoms with Gasteiger partial charge >= 0.3 is 12.0 Å². The first kappa shape index (κ1) is 28.1. The van der Waals surface area contributed by atoms with E-state index in [4.69, 9.17) is 39.5 Å². The zero-order valence-electron chi connectivity index (χ0n) is 19.6. The molecule has 3 N–H and O–H groups in total. The predicted molar refractivity (Wildman–Crippen MR) is 139 cm³/mol. The molecule has 2 rings (SSSR count). The van der Waals surface area contributed by atoms with Gasteiger partial charge in [0.25, 0.3) is 0 Å². The van der Waals surface area contributed by atoms with Gasteiger partial charge in [0, 0.05) is 5.02 Å². The summed E-state index contributed by atoms with van der Waals surface area (Å²) in [5.74, 6) is -0.624. The highest BCUT2D eigenvalue weighted by molar-refractivity contribution is 6.42. The molecule has 2 aromatic rings. The fraction of sp³-hybridized carbons (Fsp3) is 0.440. The first-order chi connectivity index (χ1) is 16.0. The van der Waals surface area contributed by atoms with Crippen LogP contribution in [0.5, 0.6) is 5.75 Å². The number of anilines is 1. The monoisotopic (exact) mass is 528 g/mol. The van der Waals surface area contributed by atoms with Gasteiger partial charge in [-0.1, -0.05) is 86.0 Å². The van der Waals surface area contributed by atoms with E-state index >= 15 is 0 Å². The molecule has 2 amide bonds. The van der Waals surface area contributed by atoms with Crippen LogP contribution in [0.3, 0.4) is 0 Å². The minimum Gasteiger partial charge on any atom is -0.478 e. The average Bonchev–Trinajstić information content (AvgIpc) is 2.75. The van der Waals surface area contributed by atoms with E-state index < -0.39 is 17.6 Å². The third-order valence-electron chi connectivity index (χ3n) is 5.32. The Kier molecular flexibility index (Phi) is 10.8. The summed E-state index contributed by atoms with van der Waals surface area (Å²) < 4.78 is 5.58. The molecule has 0 bridgehead atoms. The van der Waals surface area contributed by atoms with E-state index in [9.17, 15) is 14.7 Å². The van der Waals surface area contributed by atoms with Crippen molar-refractivity contribution in [3.8, 4) is 5.75 Å². The van der Waals surface area contributed by atoms with Crippen LogP contribution in [0.1, 0.15) is 70.9 Å². The number of halogens is 3. The molecular formula is C25H31Cl3N2O4. The van der Waals surface area contributed by atoms with E-state index in [-0.39, 0.29) is 21.8 Å². The largest absolute Gasteiger partial charge is 0.478 e. The highest BCUT2D eigenvalue weighted by Gasteiger charge is 2.29. The number of ether oxygens (including phenoxy) is 1. The first-order valence-electron chi connectivity index (χ1n) is 11.3. The van der Waals surface area contributed by atoms with E-state index in [1.807, 2.05) is 12.1 Å². The maximum absolute atomic E-state index is 12.8. The lowest BCUT2D eigenvalue weighted by Crippen LogP contribution is -2.37. The summed E-state index contributed by atoms with van der Waals surface area (Å²) in [5.41, 5.74) is -0.193. The summed E-state index contributed by atoms with van der Waals surface area (Å²) in [6.45, 7) is 5.14. The number of hydrogen-bond donors (Lipinski definition) is 3. The normalized spacial score (nSPS) is 12.2. The van der Waals surface area contributed by atoms with Crippen LogP contribution in [0.2, 0.25) is 15.1 Å². The van der Waals surface area contributed by atoms with Crippen LogP contribution in [0.25, 0.3) is 0 Å². The lowest BCUT2D eigenvalue weighted by molar-refractivity contribution is -0.152. The average molecular weight is 530 g/mol. The van der Waals surface area contributed by atoms with Crippen LogP contribution in [0.15, 0.2) is 36.4 Å². The summed E-state index contributed by atoms with van der Waals surface area (Å²) in [6.07, 6.45) is 6.22. The highest BCUT2D eigenvalue weighted by atomic mass is 35.5. The van der Waals surface area contributed by atoms with Gasteiger partial charge in [-0.05, 0) is 50.1 Å². The molecule has 34 heavy (non-hydrogen) atoms. The van der Waals surface area contributed by atoms with Gasteiger partial charge in [0.1, 0.15) is 5.75 Å². The van der Waals surface area contributed by atoms with Gasteiger partial charge in [-0.3, -0.25) is 0 Å². The Hall–Kier alpha value is -2.15. The second-order valence-electron chi connectivity index (χ2n) is 8.58. The van der Waals surface area contributed by atoms with Gasteiger partial charge < -0.3 is 20.5 Å². The molecule has 0 aliphatic rings. The zero-order chi connectivity index (χ0) is 25.3. The number of carboxylic acids is 1. The van der Waals surface area contributed by atoms with Crippen molar-refractivity contribution < 1.29 is 19.4 Å². The van der Waals surface area contributed by atoms with Crippen molar-refractivity contribution in [3.05, 3.63) is 57.0 Å². The van der Waals surface area contributed by atoms with Crippen molar-refractivity contribution in [1.82, 2.24) is 5.32 Å². The van der Waals surface area contributed by atoms with Crippen LogP contribution in [-0.4, -0.2) is 22.7 Å². The number of hydrogen-bond acceptors (Lipinski definition) is 3. The smallest absolute Gasteiger partial charge is 0.347 e. The minimum atomic E-state index is -1.35. The molecule has 186 valence electrons. The second kappa shape index (κ2) is 13.1. The number of carbonyl (C=O) groups excluding carboxylic acids is 1. The van der Waals surface area contributed by atoms with Crippen molar-refractivity contribution in [2.75, 3.05) is 5.32 Å². The molecular weight excluding hydrogens is 499 g/mol. The minimum absolute atomic E-state index is 0.242. The third kappa shape index (κ3) is 8.57. The standard InChI is InChI=1S/C25H31Cl3N2O4/c1-4-5-6-7-8-9-21(16-10-12-18(13-11-16)34-25(2,3)23(31)32)29-24(33)30-22-19(27)14-17(26)15-20(22)28/h10-15,21H,4-9H2,1-3H3,(H,31,32)(H2,29,30,33). The fourth-order valence-corrected chi connectivity index (χ4v) is 4.26. The molecule has 1 unspecified atom stereocenters. The van der Waals surface area contributed by atoms with Crippen molar-refractivity contribution in [2.24, 2.45) is 0 Å². The fourth-order valence-electron chi connectivity index (χ4n) is 3.35.